The molecule has 3 nitrogen and oxygen atoms in total. The first kappa shape index (κ1) is 27.7. The van der Waals surface area contributed by atoms with Gasteiger partial charge in [0.2, 0.25) is 0 Å². The molecule has 0 spiro atoms. The van der Waals surface area contributed by atoms with Gasteiger partial charge in [0, 0.05) is 63.3 Å². The van der Waals surface area contributed by atoms with E-state index < -0.39 is 0 Å². The fourth-order valence-electron chi connectivity index (χ4n) is 6.32. The first-order chi connectivity index (χ1) is 20.6. The van der Waals surface area contributed by atoms with Crippen LogP contribution >= 0.6 is 0 Å². The Labute approximate surface area is 251 Å². The molecule has 212 valence electrons. The molecule has 0 saturated heterocycles. The molecule has 1 aliphatic carbocycles. The summed E-state index contributed by atoms with van der Waals surface area (Å²) >= 11 is 0. The summed E-state index contributed by atoms with van der Waals surface area (Å²) in [5, 5.41) is 0. The second-order valence-electron chi connectivity index (χ2n) is 11.5. The molecule has 0 N–H and O–H groups in total. The molecule has 5 aromatic carbocycles. The molecular formula is C39H41N3. The van der Waals surface area contributed by atoms with Crippen molar-refractivity contribution < 1.29 is 0 Å². The average Bonchev–Trinajstić information content (AvgIpc) is 3.36. The standard InChI is InChI=1S/C39H41N3/c1-5-41(27-29-13-9-7-10-14-29)33-21-23-35-37(25-33)38-26-34(42(6-2)28-30-15-11-8-12-16-30)22-24-36(38)39(35)31-17-19-32(20-18-31)40(3)4/h7-26,39H,5-6,27-28H2,1-4H3. The summed E-state index contributed by atoms with van der Waals surface area (Å²) in [6.07, 6.45) is 0. The van der Waals surface area contributed by atoms with E-state index in [9.17, 15) is 0 Å². The molecule has 0 radical (unpaired) electrons. The second kappa shape index (κ2) is 12.2. The van der Waals surface area contributed by atoms with Crippen LogP contribution in [0.15, 0.2) is 121 Å². The Morgan fingerprint density at radius 2 is 0.929 bits per heavy atom. The monoisotopic (exact) mass is 551 g/mol. The molecule has 3 heteroatoms. The molecule has 0 bridgehead atoms. The predicted molar refractivity (Wildman–Crippen MR) is 180 cm³/mol. The summed E-state index contributed by atoms with van der Waals surface area (Å²) in [6, 6.07) is 45.0. The van der Waals surface area contributed by atoms with Crippen LogP contribution in [0.5, 0.6) is 0 Å². The number of benzene rings is 5. The third kappa shape index (κ3) is 5.52. The van der Waals surface area contributed by atoms with Crippen LogP contribution in [0.3, 0.4) is 0 Å². The Hall–Kier alpha value is -4.50. The molecule has 0 aliphatic heterocycles. The third-order valence-corrected chi connectivity index (χ3v) is 8.66. The Balaban J connectivity index is 1.43. The lowest BCUT2D eigenvalue weighted by molar-refractivity contribution is 0.831. The van der Waals surface area contributed by atoms with E-state index in [1.165, 1.54) is 56.0 Å². The van der Waals surface area contributed by atoms with Crippen LogP contribution in [-0.4, -0.2) is 27.2 Å². The Kier molecular flexibility index (Phi) is 8.01. The van der Waals surface area contributed by atoms with Crippen molar-refractivity contribution in [3.05, 3.63) is 149 Å². The molecule has 42 heavy (non-hydrogen) atoms. The van der Waals surface area contributed by atoms with Gasteiger partial charge >= 0.3 is 0 Å². The minimum atomic E-state index is 0.225. The Bertz CT molecular complexity index is 1530. The van der Waals surface area contributed by atoms with Gasteiger partial charge in [-0.15, -0.1) is 0 Å². The number of hydrogen-bond donors (Lipinski definition) is 0. The van der Waals surface area contributed by atoms with Crippen LogP contribution in [0.4, 0.5) is 17.1 Å². The molecule has 0 heterocycles. The summed E-state index contributed by atoms with van der Waals surface area (Å²) < 4.78 is 0. The molecule has 0 saturated carbocycles. The predicted octanol–water partition coefficient (Wildman–Crippen LogP) is 8.97. The zero-order valence-electron chi connectivity index (χ0n) is 25.3. The number of rotatable bonds is 10. The zero-order chi connectivity index (χ0) is 29.1. The van der Waals surface area contributed by atoms with Gasteiger partial charge in [0.15, 0.2) is 0 Å². The van der Waals surface area contributed by atoms with E-state index in [2.05, 4.69) is 164 Å². The summed E-state index contributed by atoms with van der Waals surface area (Å²) in [5.74, 6) is 0.225. The van der Waals surface area contributed by atoms with Crippen LogP contribution in [0, 0.1) is 0 Å². The normalized spacial score (nSPS) is 12.1. The Morgan fingerprint density at radius 1 is 0.500 bits per heavy atom. The second-order valence-corrected chi connectivity index (χ2v) is 11.5. The number of fused-ring (bicyclic) bond motifs is 3. The van der Waals surface area contributed by atoms with E-state index in [4.69, 9.17) is 0 Å². The van der Waals surface area contributed by atoms with E-state index in [0.717, 1.165) is 26.2 Å². The third-order valence-electron chi connectivity index (χ3n) is 8.66. The SMILES string of the molecule is CCN(Cc1ccccc1)c1ccc2c(c1)-c1cc(N(CC)Cc3ccccc3)ccc1C2c1ccc(N(C)C)cc1. The van der Waals surface area contributed by atoms with Gasteiger partial charge in [-0.25, -0.2) is 0 Å². The lowest BCUT2D eigenvalue weighted by Crippen LogP contribution is -2.22. The van der Waals surface area contributed by atoms with Crippen LogP contribution < -0.4 is 14.7 Å². The van der Waals surface area contributed by atoms with Gasteiger partial charge in [-0.05, 0) is 89.2 Å². The molecule has 0 amide bonds. The van der Waals surface area contributed by atoms with E-state index in [-0.39, 0.29) is 5.92 Å². The summed E-state index contributed by atoms with van der Waals surface area (Å²) in [4.78, 5) is 7.12. The Morgan fingerprint density at radius 3 is 1.33 bits per heavy atom. The van der Waals surface area contributed by atoms with Crippen molar-refractivity contribution in [3.8, 4) is 11.1 Å². The molecule has 1 aliphatic rings. The van der Waals surface area contributed by atoms with Crippen LogP contribution in [-0.2, 0) is 13.1 Å². The summed E-state index contributed by atoms with van der Waals surface area (Å²) in [7, 11) is 4.20. The smallest absolute Gasteiger partial charge is 0.0429 e. The molecule has 5 aromatic rings. The summed E-state index contributed by atoms with van der Waals surface area (Å²) in [5.41, 5.74) is 13.3. The van der Waals surface area contributed by atoms with Gasteiger partial charge in [-0.3, -0.25) is 0 Å². The maximum Gasteiger partial charge on any atom is 0.0429 e. The fraction of sp³-hybridized carbons (Fsp3) is 0.231. The van der Waals surface area contributed by atoms with Crippen molar-refractivity contribution in [2.24, 2.45) is 0 Å². The molecule has 0 unspecified atom stereocenters. The van der Waals surface area contributed by atoms with Gasteiger partial charge in [0.1, 0.15) is 0 Å². The van der Waals surface area contributed by atoms with Gasteiger partial charge in [0.25, 0.3) is 0 Å². The van der Waals surface area contributed by atoms with Gasteiger partial charge in [-0.2, -0.15) is 0 Å². The van der Waals surface area contributed by atoms with Crippen LogP contribution in [0.25, 0.3) is 11.1 Å². The van der Waals surface area contributed by atoms with Crippen molar-refractivity contribution in [2.75, 3.05) is 41.9 Å². The highest BCUT2D eigenvalue weighted by atomic mass is 15.1. The quantitative estimate of drug-likeness (QED) is 0.168. The highest BCUT2D eigenvalue weighted by Gasteiger charge is 2.31. The average molecular weight is 552 g/mol. The zero-order valence-corrected chi connectivity index (χ0v) is 25.3. The van der Waals surface area contributed by atoms with E-state index in [1.807, 2.05) is 0 Å². The lowest BCUT2D eigenvalue weighted by Gasteiger charge is -2.25. The van der Waals surface area contributed by atoms with Crippen molar-refractivity contribution in [1.82, 2.24) is 0 Å². The van der Waals surface area contributed by atoms with E-state index >= 15 is 0 Å². The lowest BCUT2D eigenvalue weighted by atomic mass is 9.89. The highest BCUT2D eigenvalue weighted by molar-refractivity contribution is 5.85. The van der Waals surface area contributed by atoms with Crippen LogP contribution in [0.2, 0.25) is 0 Å². The molecular weight excluding hydrogens is 510 g/mol. The van der Waals surface area contributed by atoms with E-state index in [1.54, 1.807) is 0 Å². The van der Waals surface area contributed by atoms with E-state index in [0.29, 0.717) is 0 Å². The van der Waals surface area contributed by atoms with Crippen molar-refractivity contribution in [1.29, 1.82) is 0 Å². The van der Waals surface area contributed by atoms with Crippen molar-refractivity contribution >= 4 is 17.1 Å². The minimum absolute atomic E-state index is 0.225. The number of hydrogen-bond acceptors (Lipinski definition) is 3. The largest absolute Gasteiger partial charge is 0.378 e. The van der Waals surface area contributed by atoms with Crippen molar-refractivity contribution in [2.45, 2.75) is 32.9 Å². The molecule has 0 atom stereocenters. The van der Waals surface area contributed by atoms with Crippen LogP contribution in [0.1, 0.15) is 47.6 Å². The topological polar surface area (TPSA) is 9.72 Å². The fourth-order valence-corrected chi connectivity index (χ4v) is 6.32. The van der Waals surface area contributed by atoms with Gasteiger partial charge in [-0.1, -0.05) is 84.9 Å². The maximum absolute atomic E-state index is 2.48. The van der Waals surface area contributed by atoms with Gasteiger partial charge < -0.3 is 14.7 Å². The minimum Gasteiger partial charge on any atom is -0.378 e. The molecule has 0 fully saturated rings. The number of anilines is 3. The molecule has 6 rings (SSSR count). The first-order valence-corrected chi connectivity index (χ1v) is 15.2. The first-order valence-electron chi connectivity index (χ1n) is 15.2. The molecule has 0 aromatic heterocycles. The highest BCUT2D eigenvalue weighted by Crippen LogP contribution is 2.50. The van der Waals surface area contributed by atoms with Gasteiger partial charge in [0.05, 0.1) is 0 Å². The maximum atomic E-state index is 2.48. The summed E-state index contributed by atoms with van der Waals surface area (Å²) in [6.45, 7) is 8.21. The van der Waals surface area contributed by atoms with Crippen molar-refractivity contribution in [3.63, 3.8) is 0 Å². The number of nitrogens with zero attached hydrogens (tertiary/aromatic N) is 3.